The van der Waals surface area contributed by atoms with Gasteiger partial charge in [-0.15, -0.1) is 0 Å². The molecule has 3 heterocycles. The summed E-state index contributed by atoms with van der Waals surface area (Å²) >= 11 is 12.4. The Balaban J connectivity index is 1.26. The van der Waals surface area contributed by atoms with Gasteiger partial charge in [-0.2, -0.15) is 0 Å². The fraction of sp³-hybridized carbons (Fsp3) is 0.367. The average molecular weight is 611 g/mol. The number of aromatic nitrogens is 2. The Kier molecular flexibility index (Phi) is 8.39. The summed E-state index contributed by atoms with van der Waals surface area (Å²) in [6.07, 6.45) is 6.09. The van der Waals surface area contributed by atoms with Gasteiger partial charge < -0.3 is 20.3 Å². The maximum absolute atomic E-state index is 12.4. The highest BCUT2D eigenvalue weighted by Gasteiger charge is 2.32. The van der Waals surface area contributed by atoms with Gasteiger partial charge in [0.2, 0.25) is 5.91 Å². The van der Waals surface area contributed by atoms with Gasteiger partial charge in [0, 0.05) is 50.8 Å². The van der Waals surface area contributed by atoms with Crippen LogP contribution in [0.15, 0.2) is 55.4 Å². The molecule has 42 heavy (non-hydrogen) atoms. The molecule has 3 aliphatic rings. The number of nitrogens with one attached hydrogen (secondary N) is 2. The number of amides is 1. The number of hydroxylamine groups is 1. The summed E-state index contributed by atoms with van der Waals surface area (Å²) in [4.78, 5) is 32.1. The van der Waals surface area contributed by atoms with Crippen LogP contribution in [0.2, 0.25) is 10.0 Å². The van der Waals surface area contributed by atoms with Crippen LogP contribution in [0.4, 0.5) is 28.7 Å². The highest BCUT2D eigenvalue weighted by Crippen LogP contribution is 2.41. The predicted octanol–water partition coefficient (Wildman–Crippen LogP) is 5.83. The largest absolute Gasteiger partial charge is 0.494 e. The summed E-state index contributed by atoms with van der Waals surface area (Å²) in [5.41, 5.74) is 3.19. The van der Waals surface area contributed by atoms with Gasteiger partial charge >= 0.3 is 0 Å². The number of halogens is 2. The molecule has 0 bridgehead atoms. The number of hydrogen-bond donors (Lipinski definition) is 2. The second kappa shape index (κ2) is 12.3. The van der Waals surface area contributed by atoms with Crippen molar-refractivity contribution in [3.8, 4) is 5.75 Å². The van der Waals surface area contributed by atoms with Crippen LogP contribution in [0.25, 0.3) is 0 Å². The molecule has 12 heteroatoms. The summed E-state index contributed by atoms with van der Waals surface area (Å²) in [5, 5.41) is 9.09. The van der Waals surface area contributed by atoms with Gasteiger partial charge in [0.15, 0.2) is 5.82 Å². The number of carbonyl (C=O) groups excluding carboxylic acids is 1. The van der Waals surface area contributed by atoms with Gasteiger partial charge in [0.25, 0.3) is 0 Å². The van der Waals surface area contributed by atoms with E-state index >= 15 is 0 Å². The maximum Gasteiger partial charge on any atom is 0.247 e. The Morgan fingerprint density at radius 2 is 1.86 bits per heavy atom. The predicted molar refractivity (Wildman–Crippen MR) is 166 cm³/mol. The van der Waals surface area contributed by atoms with E-state index in [1.807, 2.05) is 30.3 Å². The monoisotopic (exact) mass is 609 g/mol. The zero-order valence-corrected chi connectivity index (χ0v) is 24.9. The second-order valence-corrected chi connectivity index (χ2v) is 11.4. The van der Waals surface area contributed by atoms with Crippen LogP contribution in [-0.2, 0) is 9.63 Å². The molecule has 1 amide bonds. The van der Waals surface area contributed by atoms with E-state index in [0.717, 1.165) is 49.9 Å². The van der Waals surface area contributed by atoms with Crippen molar-refractivity contribution >= 4 is 57.8 Å². The lowest BCUT2D eigenvalue weighted by Gasteiger charge is -2.37. The molecule has 3 aromatic rings. The highest BCUT2D eigenvalue weighted by atomic mass is 35.5. The Labute approximate surface area is 255 Å². The topological polar surface area (TPSA) is 95.1 Å². The quantitative estimate of drug-likeness (QED) is 0.291. The van der Waals surface area contributed by atoms with Crippen LogP contribution in [0.3, 0.4) is 0 Å². The summed E-state index contributed by atoms with van der Waals surface area (Å²) in [6, 6.07) is 11.9. The van der Waals surface area contributed by atoms with Crippen molar-refractivity contribution < 1.29 is 14.4 Å². The molecule has 2 aliphatic heterocycles. The number of benzene rings is 2. The molecule has 2 saturated heterocycles. The molecular formula is C30H33Cl2N7O3. The third kappa shape index (κ3) is 6.12. The van der Waals surface area contributed by atoms with Crippen molar-refractivity contribution in [2.75, 3.05) is 60.5 Å². The molecule has 6 rings (SSSR count). The zero-order chi connectivity index (χ0) is 29.2. The smallest absolute Gasteiger partial charge is 0.247 e. The number of ether oxygens (including phenoxy) is 1. The lowest BCUT2D eigenvalue weighted by molar-refractivity contribution is -0.111. The number of piperazine rings is 1. The summed E-state index contributed by atoms with van der Waals surface area (Å²) in [5.74, 6) is 1.46. The first-order valence-electron chi connectivity index (χ1n) is 14.0. The molecule has 1 atom stereocenters. The third-order valence-electron chi connectivity index (χ3n) is 7.85. The molecule has 220 valence electrons. The van der Waals surface area contributed by atoms with Crippen molar-refractivity contribution in [3.05, 3.63) is 71.0 Å². The van der Waals surface area contributed by atoms with Crippen LogP contribution >= 0.6 is 23.2 Å². The molecular weight excluding hydrogens is 577 g/mol. The van der Waals surface area contributed by atoms with Crippen molar-refractivity contribution in [2.24, 2.45) is 0 Å². The fourth-order valence-corrected chi connectivity index (χ4v) is 5.85. The van der Waals surface area contributed by atoms with E-state index in [1.165, 1.54) is 25.2 Å². The lowest BCUT2D eigenvalue weighted by atomic mass is 10.0. The highest BCUT2D eigenvalue weighted by molar-refractivity contribution is 6.42. The first kappa shape index (κ1) is 28.5. The van der Waals surface area contributed by atoms with Crippen LogP contribution in [0.5, 0.6) is 5.75 Å². The van der Waals surface area contributed by atoms with Crippen LogP contribution in [0, 0.1) is 0 Å². The summed E-state index contributed by atoms with van der Waals surface area (Å²) < 4.78 is 5.80. The number of carbonyl (C=O) groups is 1. The van der Waals surface area contributed by atoms with Crippen LogP contribution in [0.1, 0.15) is 30.9 Å². The molecule has 1 aliphatic carbocycles. The van der Waals surface area contributed by atoms with Crippen molar-refractivity contribution in [1.29, 1.82) is 0 Å². The molecule has 1 unspecified atom stereocenters. The van der Waals surface area contributed by atoms with Gasteiger partial charge in [-0.05, 0) is 42.7 Å². The van der Waals surface area contributed by atoms with Gasteiger partial charge in [-0.1, -0.05) is 35.8 Å². The molecule has 1 aromatic heterocycles. The molecule has 3 fully saturated rings. The first-order valence-corrected chi connectivity index (χ1v) is 14.8. The van der Waals surface area contributed by atoms with Gasteiger partial charge in [-0.3, -0.25) is 14.5 Å². The summed E-state index contributed by atoms with van der Waals surface area (Å²) in [7, 11) is 1.63. The van der Waals surface area contributed by atoms with E-state index in [-0.39, 0.29) is 11.9 Å². The van der Waals surface area contributed by atoms with E-state index < -0.39 is 0 Å². The minimum absolute atomic E-state index is 0.0857. The second-order valence-electron chi connectivity index (χ2n) is 10.5. The Hall–Kier alpha value is -3.57. The van der Waals surface area contributed by atoms with E-state index in [1.54, 1.807) is 18.2 Å². The normalized spacial score (nSPS) is 19.1. The molecule has 2 N–H and O–H groups in total. The van der Waals surface area contributed by atoms with Crippen LogP contribution < -0.4 is 25.3 Å². The first-order chi connectivity index (χ1) is 20.4. The van der Waals surface area contributed by atoms with E-state index in [0.29, 0.717) is 45.4 Å². The standard InChI is InChI=1S/C30H33Cl2N7O3/c1-3-30(40)36-23-15-24(27(41-2)16-26(23)38-11-9-37(10-12-38)20-5-6-20)35-28-17-29(34-18-33-28)39-25(8-13-42-39)19-4-7-21(31)22(32)14-19/h3-4,7,14-18,20,25H,1,5-6,8-13H2,2H3,(H,36,40)(H,33,34,35). The van der Waals surface area contributed by atoms with E-state index in [2.05, 4.69) is 37.0 Å². The summed E-state index contributed by atoms with van der Waals surface area (Å²) in [6.45, 7) is 7.89. The lowest BCUT2D eigenvalue weighted by Crippen LogP contribution is -2.47. The minimum atomic E-state index is -0.284. The third-order valence-corrected chi connectivity index (χ3v) is 8.59. The van der Waals surface area contributed by atoms with E-state index in [9.17, 15) is 4.79 Å². The Morgan fingerprint density at radius 1 is 1.05 bits per heavy atom. The zero-order valence-electron chi connectivity index (χ0n) is 23.4. The van der Waals surface area contributed by atoms with Gasteiger partial charge in [0.05, 0.1) is 46.9 Å². The van der Waals surface area contributed by atoms with Crippen molar-refractivity contribution in [2.45, 2.75) is 31.3 Å². The number of anilines is 5. The Bertz CT molecular complexity index is 1480. The average Bonchev–Trinajstić information content (AvgIpc) is 3.74. The molecule has 10 nitrogen and oxygen atoms in total. The molecule has 0 spiro atoms. The minimum Gasteiger partial charge on any atom is -0.494 e. The number of hydrogen-bond acceptors (Lipinski definition) is 9. The SMILES string of the molecule is C=CC(=O)Nc1cc(Nc2cc(N3OCCC3c3ccc(Cl)c(Cl)c3)ncn2)c(OC)cc1N1CCN(C2CC2)CC1. The number of rotatable bonds is 9. The van der Waals surface area contributed by atoms with Crippen molar-refractivity contribution in [1.82, 2.24) is 14.9 Å². The van der Waals surface area contributed by atoms with Crippen LogP contribution in [-0.4, -0.2) is 66.7 Å². The fourth-order valence-electron chi connectivity index (χ4n) is 5.54. The van der Waals surface area contributed by atoms with Gasteiger partial charge in [-0.25, -0.2) is 15.0 Å². The number of nitrogens with zero attached hydrogens (tertiary/aromatic N) is 5. The molecule has 1 saturated carbocycles. The van der Waals surface area contributed by atoms with Gasteiger partial charge in [0.1, 0.15) is 17.9 Å². The Morgan fingerprint density at radius 3 is 2.57 bits per heavy atom. The van der Waals surface area contributed by atoms with Crippen molar-refractivity contribution in [3.63, 3.8) is 0 Å². The molecule has 0 radical (unpaired) electrons. The number of methoxy groups -OCH3 is 1. The maximum atomic E-state index is 12.4. The van der Waals surface area contributed by atoms with E-state index in [4.69, 9.17) is 32.8 Å². The molecule has 2 aromatic carbocycles.